The molecule has 1 fully saturated rings. The van der Waals surface area contributed by atoms with Crippen LogP contribution in [0.15, 0.2) is 24.4 Å². The summed E-state index contributed by atoms with van der Waals surface area (Å²) in [7, 11) is 0. The first-order valence-corrected chi connectivity index (χ1v) is 7.06. The van der Waals surface area contributed by atoms with E-state index >= 15 is 0 Å². The lowest BCUT2D eigenvalue weighted by molar-refractivity contribution is -0.383. The van der Waals surface area contributed by atoms with Crippen LogP contribution in [0.25, 0.3) is 10.8 Å². The molecular formula is C15H17N3O3. The number of nitrogens with one attached hydrogen (secondary N) is 1. The number of aromatic nitrogens is 1. The fourth-order valence-corrected chi connectivity index (χ4v) is 2.70. The Hall–Kier alpha value is -2.21. The van der Waals surface area contributed by atoms with Gasteiger partial charge >= 0.3 is 0 Å². The Labute approximate surface area is 122 Å². The maximum absolute atomic E-state index is 11.2. The molecule has 2 aromatic rings. The highest BCUT2D eigenvalue weighted by atomic mass is 16.6. The first-order chi connectivity index (χ1) is 10.1. The molecule has 21 heavy (non-hydrogen) atoms. The molecule has 0 atom stereocenters. The van der Waals surface area contributed by atoms with E-state index in [4.69, 9.17) is 4.74 Å². The molecule has 6 nitrogen and oxygen atoms in total. The molecule has 1 aliphatic heterocycles. The zero-order chi connectivity index (χ0) is 14.8. The summed E-state index contributed by atoms with van der Waals surface area (Å²) < 4.78 is 5.98. The predicted octanol–water partition coefficient (Wildman–Crippen LogP) is 2.58. The molecule has 0 bridgehead atoms. The highest BCUT2D eigenvalue weighted by Gasteiger charge is 2.19. The highest BCUT2D eigenvalue weighted by molar-refractivity contribution is 5.94. The second kappa shape index (κ2) is 5.65. The molecule has 0 radical (unpaired) electrons. The summed E-state index contributed by atoms with van der Waals surface area (Å²) in [5.74, 6) is 0.492. The third-order valence-electron chi connectivity index (χ3n) is 3.73. The Morgan fingerprint density at radius 3 is 2.81 bits per heavy atom. The van der Waals surface area contributed by atoms with Crippen molar-refractivity contribution in [3.05, 3.63) is 40.1 Å². The van der Waals surface area contributed by atoms with Crippen molar-refractivity contribution in [1.29, 1.82) is 0 Å². The summed E-state index contributed by atoms with van der Waals surface area (Å²) in [5, 5.41) is 15.8. The lowest BCUT2D eigenvalue weighted by atomic mass is 10.1. The Bertz CT molecular complexity index is 681. The largest absolute Gasteiger partial charge is 0.474 e. The minimum absolute atomic E-state index is 0.0996. The number of ether oxygens (including phenoxy) is 1. The van der Waals surface area contributed by atoms with Crippen molar-refractivity contribution in [2.45, 2.75) is 25.9 Å². The van der Waals surface area contributed by atoms with Crippen LogP contribution in [0.3, 0.4) is 0 Å². The van der Waals surface area contributed by atoms with Gasteiger partial charge in [-0.15, -0.1) is 0 Å². The maximum atomic E-state index is 11.2. The van der Waals surface area contributed by atoms with E-state index in [1.165, 1.54) is 0 Å². The summed E-state index contributed by atoms with van der Waals surface area (Å²) >= 11 is 0. The van der Waals surface area contributed by atoms with Crippen LogP contribution in [-0.4, -0.2) is 29.1 Å². The van der Waals surface area contributed by atoms with Gasteiger partial charge in [0, 0.05) is 12.3 Å². The topological polar surface area (TPSA) is 77.3 Å². The molecule has 3 rings (SSSR count). The van der Waals surface area contributed by atoms with Gasteiger partial charge in [-0.3, -0.25) is 10.1 Å². The summed E-state index contributed by atoms with van der Waals surface area (Å²) in [6, 6.07) is 5.14. The van der Waals surface area contributed by atoms with Crippen molar-refractivity contribution < 1.29 is 9.66 Å². The molecule has 0 saturated carbocycles. The van der Waals surface area contributed by atoms with Gasteiger partial charge in [-0.25, -0.2) is 4.98 Å². The van der Waals surface area contributed by atoms with E-state index in [9.17, 15) is 10.1 Å². The van der Waals surface area contributed by atoms with Crippen molar-refractivity contribution in [2.24, 2.45) is 0 Å². The average Bonchev–Trinajstić information content (AvgIpc) is 2.48. The first kappa shape index (κ1) is 13.8. The first-order valence-electron chi connectivity index (χ1n) is 7.06. The molecule has 1 aromatic carbocycles. The average molecular weight is 287 g/mol. The lowest BCUT2D eigenvalue weighted by Gasteiger charge is -2.23. The second-order valence-corrected chi connectivity index (χ2v) is 5.32. The van der Waals surface area contributed by atoms with Gasteiger partial charge < -0.3 is 10.1 Å². The van der Waals surface area contributed by atoms with Gasteiger partial charge in [0.2, 0.25) is 5.88 Å². The van der Waals surface area contributed by atoms with E-state index < -0.39 is 0 Å². The van der Waals surface area contributed by atoms with Crippen LogP contribution in [-0.2, 0) is 0 Å². The minimum atomic E-state index is -0.357. The van der Waals surface area contributed by atoms with Crippen LogP contribution < -0.4 is 10.1 Å². The number of nitrogens with zero attached hydrogens (tertiary/aromatic N) is 2. The van der Waals surface area contributed by atoms with Crippen LogP contribution in [0.2, 0.25) is 0 Å². The van der Waals surface area contributed by atoms with Crippen LogP contribution in [0.5, 0.6) is 5.88 Å². The summed E-state index contributed by atoms with van der Waals surface area (Å²) in [4.78, 5) is 15.1. The van der Waals surface area contributed by atoms with Crippen LogP contribution in [0.4, 0.5) is 5.69 Å². The van der Waals surface area contributed by atoms with Crippen molar-refractivity contribution in [1.82, 2.24) is 10.3 Å². The smallest absolute Gasteiger partial charge is 0.277 e. The third-order valence-corrected chi connectivity index (χ3v) is 3.73. The van der Waals surface area contributed by atoms with Gasteiger partial charge in [-0.1, -0.05) is 0 Å². The van der Waals surface area contributed by atoms with Crippen LogP contribution >= 0.6 is 0 Å². The molecule has 1 saturated heterocycles. The van der Waals surface area contributed by atoms with Gasteiger partial charge in [0.25, 0.3) is 5.69 Å². The van der Waals surface area contributed by atoms with E-state index in [0.717, 1.165) is 31.5 Å². The molecule has 1 N–H and O–H groups in total. The molecule has 1 aliphatic rings. The molecule has 0 aliphatic carbocycles. The lowest BCUT2D eigenvalue weighted by Crippen LogP contribution is -2.34. The number of rotatable bonds is 3. The number of pyridine rings is 1. The number of benzene rings is 1. The zero-order valence-electron chi connectivity index (χ0n) is 11.8. The number of fused-ring (bicyclic) bond motifs is 1. The predicted molar refractivity (Wildman–Crippen MR) is 79.7 cm³/mol. The number of nitro benzene ring substituents is 1. The van der Waals surface area contributed by atoms with E-state index in [-0.39, 0.29) is 16.7 Å². The molecule has 1 aromatic heterocycles. The fourth-order valence-electron chi connectivity index (χ4n) is 2.70. The minimum Gasteiger partial charge on any atom is -0.474 e. The van der Waals surface area contributed by atoms with Crippen LogP contribution in [0.1, 0.15) is 18.4 Å². The number of non-ortho nitro benzene ring substituents is 1. The van der Waals surface area contributed by atoms with Crippen molar-refractivity contribution in [3.8, 4) is 5.88 Å². The van der Waals surface area contributed by atoms with E-state index in [0.29, 0.717) is 16.7 Å². The van der Waals surface area contributed by atoms with Gasteiger partial charge in [0.05, 0.1) is 15.7 Å². The van der Waals surface area contributed by atoms with Gasteiger partial charge in [0.15, 0.2) is 0 Å². The van der Waals surface area contributed by atoms with Crippen molar-refractivity contribution in [3.63, 3.8) is 0 Å². The Morgan fingerprint density at radius 1 is 1.33 bits per heavy atom. The van der Waals surface area contributed by atoms with E-state index in [2.05, 4.69) is 10.3 Å². The molecule has 2 heterocycles. The van der Waals surface area contributed by atoms with Crippen molar-refractivity contribution in [2.75, 3.05) is 13.1 Å². The molecule has 0 unspecified atom stereocenters. The van der Waals surface area contributed by atoms with E-state index in [1.807, 2.05) is 13.0 Å². The highest BCUT2D eigenvalue weighted by Crippen LogP contribution is 2.32. The number of piperidine rings is 1. The van der Waals surface area contributed by atoms with Gasteiger partial charge in [-0.2, -0.15) is 0 Å². The number of nitro groups is 1. The molecule has 0 spiro atoms. The number of aryl methyl sites for hydroxylation is 1. The second-order valence-electron chi connectivity index (χ2n) is 5.32. The Kier molecular flexibility index (Phi) is 3.70. The summed E-state index contributed by atoms with van der Waals surface area (Å²) in [5.41, 5.74) is 0.930. The summed E-state index contributed by atoms with van der Waals surface area (Å²) in [6.07, 6.45) is 3.53. The van der Waals surface area contributed by atoms with Gasteiger partial charge in [0.1, 0.15) is 6.10 Å². The quantitative estimate of drug-likeness (QED) is 0.693. The zero-order valence-corrected chi connectivity index (χ0v) is 11.8. The fraction of sp³-hybridized carbons (Fsp3) is 0.400. The molecule has 0 amide bonds. The normalized spacial score (nSPS) is 16.0. The van der Waals surface area contributed by atoms with Crippen LogP contribution in [0, 0.1) is 17.0 Å². The Balaban J connectivity index is 2.04. The maximum Gasteiger partial charge on any atom is 0.277 e. The summed E-state index contributed by atoms with van der Waals surface area (Å²) in [6.45, 7) is 3.69. The van der Waals surface area contributed by atoms with Crippen molar-refractivity contribution >= 4 is 16.5 Å². The third kappa shape index (κ3) is 2.80. The van der Waals surface area contributed by atoms with Gasteiger partial charge in [-0.05, 0) is 50.6 Å². The molecule has 6 heteroatoms. The SMILES string of the molecule is Cc1cc([N+](=O)[O-])c2ccnc(OC3CCNCC3)c2c1. The number of hydrogen-bond donors (Lipinski definition) is 1. The standard InChI is InChI=1S/C15H17N3O3/c1-10-8-13-12(14(9-10)18(19)20)4-7-17-15(13)21-11-2-5-16-6-3-11/h4,7-9,11,16H,2-3,5-6H2,1H3. The molecular weight excluding hydrogens is 270 g/mol. The monoisotopic (exact) mass is 287 g/mol. The number of hydrogen-bond acceptors (Lipinski definition) is 5. The Morgan fingerprint density at radius 2 is 2.10 bits per heavy atom. The van der Waals surface area contributed by atoms with E-state index in [1.54, 1.807) is 18.3 Å². The molecule has 110 valence electrons.